The lowest BCUT2D eigenvalue weighted by Gasteiger charge is -2.37. The van der Waals surface area contributed by atoms with Crippen LogP contribution in [0.1, 0.15) is 48.0 Å². The lowest BCUT2D eigenvalue weighted by Crippen LogP contribution is -2.38. The van der Waals surface area contributed by atoms with Crippen molar-refractivity contribution in [1.82, 2.24) is 4.90 Å². The van der Waals surface area contributed by atoms with Crippen molar-refractivity contribution < 1.29 is 9.53 Å². The minimum absolute atomic E-state index is 0.0532. The van der Waals surface area contributed by atoms with Gasteiger partial charge < -0.3 is 9.64 Å². The van der Waals surface area contributed by atoms with E-state index in [1.165, 1.54) is 0 Å². The molecule has 0 saturated heterocycles. The second-order valence-corrected chi connectivity index (χ2v) is 7.05. The highest BCUT2D eigenvalue weighted by molar-refractivity contribution is 6.22. The fourth-order valence-electron chi connectivity index (χ4n) is 2.37. The summed E-state index contributed by atoms with van der Waals surface area (Å²) in [4.78, 5) is 13.3. The number of nitrogens with zero attached hydrogens (tertiary/aromatic N) is 1. The Kier molecular flexibility index (Phi) is 6.10. The van der Waals surface area contributed by atoms with E-state index in [9.17, 15) is 4.79 Å². The third-order valence-corrected chi connectivity index (χ3v) is 3.93. The molecule has 0 aromatic rings. The Morgan fingerprint density at radius 1 is 1.45 bits per heavy atom. The van der Waals surface area contributed by atoms with Crippen molar-refractivity contribution in [2.45, 2.75) is 48.0 Å². The Morgan fingerprint density at radius 2 is 2.00 bits per heavy atom. The van der Waals surface area contributed by atoms with E-state index in [1.54, 1.807) is 11.8 Å². The van der Waals surface area contributed by atoms with Gasteiger partial charge in [0.2, 0.25) is 5.91 Å². The monoisotopic (exact) mass is 301 g/mol. The molecule has 2 radical (unpaired) electrons. The Hall–Kier alpha value is -1.45. The normalized spacial score (nSPS) is 21.5. The Bertz CT molecular complexity index is 512. The van der Waals surface area contributed by atoms with Crippen LogP contribution in [0.3, 0.4) is 0 Å². The summed E-state index contributed by atoms with van der Waals surface area (Å²) in [7, 11) is 6.04. The zero-order valence-corrected chi connectivity index (χ0v) is 14.8. The summed E-state index contributed by atoms with van der Waals surface area (Å²) < 4.78 is 5.65. The van der Waals surface area contributed by atoms with Crippen LogP contribution in [0.5, 0.6) is 0 Å². The number of amides is 1. The van der Waals surface area contributed by atoms with Gasteiger partial charge in [0, 0.05) is 13.3 Å². The van der Waals surface area contributed by atoms with E-state index in [4.69, 9.17) is 12.6 Å². The van der Waals surface area contributed by atoms with Gasteiger partial charge in [-0.25, -0.2) is 0 Å². The number of hydrogen-bond acceptors (Lipinski definition) is 2. The van der Waals surface area contributed by atoms with E-state index in [1.807, 2.05) is 13.0 Å². The molecule has 2 aliphatic rings. The molecule has 2 rings (SSSR count). The number of carbonyl (C=O) groups is 1. The maximum Gasteiger partial charge on any atom is 0.224 e. The molecule has 1 aliphatic carbocycles. The van der Waals surface area contributed by atoms with Crippen LogP contribution in [-0.2, 0) is 9.53 Å². The Morgan fingerprint density at radius 3 is 2.45 bits per heavy atom. The smallest absolute Gasteiger partial charge is 0.224 e. The second-order valence-electron chi connectivity index (χ2n) is 7.05. The Labute approximate surface area is 136 Å². The van der Waals surface area contributed by atoms with Gasteiger partial charge in [-0.05, 0) is 23.8 Å². The fraction of sp³-hybridized carbons (Fsp3) is 0.611. The molecule has 1 heterocycles. The van der Waals surface area contributed by atoms with E-state index in [2.05, 4.69) is 34.3 Å². The van der Waals surface area contributed by atoms with E-state index in [0.717, 1.165) is 28.9 Å². The van der Waals surface area contributed by atoms with Crippen LogP contribution in [0.15, 0.2) is 35.2 Å². The summed E-state index contributed by atoms with van der Waals surface area (Å²) in [5.74, 6) is 1.27. The summed E-state index contributed by atoms with van der Waals surface area (Å²) in [5, 5.41) is 0. The second kappa shape index (κ2) is 7.21. The summed E-state index contributed by atoms with van der Waals surface area (Å²) in [6.45, 7) is 16.8. The fourth-order valence-corrected chi connectivity index (χ4v) is 2.37. The first kappa shape index (κ1) is 18.6. The first-order valence-electron chi connectivity index (χ1n) is 7.82. The van der Waals surface area contributed by atoms with Gasteiger partial charge in [0.15, 0.2) is 0 Å². The predicted molar refractivity (Wildman–Crippen MR) is 92.3 cm³/mol. The average Bonchev–Trinajstić information content (AvgIpc) is 2.44. The van der Waals surface area contributed by atoms with Crippen molar-refractivity contribution in [3.05, 3.63) is 35.2 Å². The number of carbonyl (C=O) groups excluding carboxylic acids is 1. The molecule has 0 saturated carbocycles. The molecule has 1 aliphatic heterocycles. The van der Waals surface area contributed by atoms with Gasteiger partial charge in [-0.3, -0.25) is 4.79 Å². The minimum Gasteiger partial charge on any atom is -0.494 e. The SMILES string of the molecule is C=CC(C)(C)C.[B]C1=C(C)C2=C(CC1C)OCCN2C(C)=O. The number of allylic oxidation sites excluding steroid dienone is 4. The van der Waals surface area contributed by atoms with E-state index >= 15 is 0 Å². The predicted octanol–water partition coefficient (Wildman–Crippen LogP) is 3.78. The zero-order chi connectivity index (χ0) is 17.1. The van der Waals surface area contributed by atoms with Crippen molar-refractivity contribution in [2.24, 2.45) is 11.3 Å². The summed E-state index contributed by atoms with van der Waals surface area (Å²) in [6.07, 6.45) is 2.73. The highest BCUT2D eigenvalue weighted by atomic mass is 16.5. The highest BCUT2D eigenvalue weighted by Gasteiger charge is 2.30. The van der Waals surface area contributed by atoms with Gasteiger partial charge in [0.05, 0.1) is 12.2 Å². The maximum absolute atomic E-state index is 11.6. The molecule has 1 amide bonds. The largest absolute Gasteiger partial charge is 0.494 e. The van der Waals surface area contributed by atoms with Crippen LogP contribution in [0.25, 0.3) is 0 Å². The molecule has 1 atom stereocenters. The molecule has 0 aromatic heterocycles. The van der Waals surface area contributed by atoms with Crippen molar-refractivity contribution in [3.8, 4) is 0 Å². The molecular formula is C18H28BNO2. The van der Waals surface area contributed by atoms with Crippen molar-refractivity contribution in [1.29, 1.82) is 0 Å². The summed E-state index contributed by atoms with van der Waals surface area (Å²) in [6, 6.07) is 0. The molecule has 0 bridgehead atoms. The molecule has 0 N–H and O–H groups in total. The Balaban J connectivity index is 0.000000346. The van der Waals surface area contributed by atoms with E-state index in [0.29, 0.717) is 24.5 Å². The first-order chi connectivity index (χ1) is 10.1. The highest BCUT2D eigenvalue weighted by Crippen LogP contribution is 2.36. The molecule has 0 fully saturated rings. The molecule has 0 spiro atoms. The van der Waals surface area contributed by atoms with Crippen LogP contribution in [0.4, 0.5) is 0 Å². The third kappa shape index (κ3) is 4.52. The van der Waals surface area contributed by atoms with Crippen molar-refractivity contribution in [2.75, 3.05) is 13.2 Å². The van der Waals surface area contributed by atoms with Crippen molar-refractivity contribution in [3.63, 3.8) is 0 Å². The summed E-state index contributed by atoms with van der Waals surface area (Å²) >= 11 is 0. The number of rotatable bonds is 0. The van der Waals surface area contributed by atoms with Crippen LogP contribution >= 0.6 is 0 Å². The number of hydrogen-bond donors (Lipinski definition) is 0. The zero-order valence-electron chi connectivity index (χ0n) is 14.8. The molecule has 120 valence electrons. The van der Waals surface area contributed by atoms with Gasteiger partial charge in [-0.1, -0.05) is 33.8 Å². The van der Waals surface area contributed by atoms with Crippen LogP contribution in [0.2, 0.25) is 0 Å². The van der Waals surface area contributed by atoms with Gasteiger partial charge in [-0.15, -0.1) is 12.1 Å². The minimum atomic E-state index is 0.0532. The lowest BCUT2D eigenvalue weighted by molar-refractivity contribution is -0.128. The average molecular weight is 301 g/mol. The van der Waals surface area contributed by atoms with Gasteiger partial charge >= 0.3 is 0 Å². The van der Waals surface area contributed by atoms with E-state index < -0.39 is 0 Å². The molecule has 22 heavy (non-hydrogen) atoms. The van der Waals surface area contributed by atoms with Crippen LogP contribution < -0.4 is 0 Å². The number of ether oxygens (including phenoxy) is 1. The molecule has 4 heteroatoms. The molecule has 3 nitrogen and oxygen atoms in total. The molecular weight excluding hydrogens is 273 g/mol. The quantitative estimate of drug-likeness (QED) is 0.503. The van der Waals surface area contributed by atoms with Gasteiger partial charge in [0.1, 0.15) is 20.2 Å². The van der Waals surface area contributed by atoms with Crippen molar-refractivity contribution >= 4 is 13.8 Å². The maximum atomic E-state index is 11.6. The summed E-state index contributed by atoms with van der Waals surface area (Å²) in [5.41, 5.74) is 3.06. The lowest BCUT2D eigenvalue weighted by atomic mass is 9.74. The van der Waals surface area contributed by atoms with Crippen LogP contribution in [0, 0.1) is 11.3 Å². The third-order valence-electron chi connectivity index (χ3n) is 3.93. The topological polar surface area (TPSA) is 29.5 Å². The van der Waals surface area contributed by atoms with Gasteiger partial charge in [-0.2, -0.15) is 0 Å². The molecule has 1 unspecified atom stereocenters. The first-order valence-corrected chi connectivity index (χ1v) is 7.82. The standard InChI is InChI=1S/C12H16BNO2.C6H12/c1-7-6-10-12(8(2)11(7)13)14(9(3)15)4-5-16-10;1-5-6(2,3)4/h7H,4-6H2,1-3H3;5H,1H2,2-4H3. The van der Waals surface area contributed by atoms with Gasteiger partial charge in [0.25, 0.3) is 0 Å². The van der Waals surface area contributed by atoms with E-state index in [-0.39, 0.29) is 5.91 Å². The molecule has 0 aromatic carbocycles. The van der Waals surface area contributed by atoms with Crippen LogP contribution in [-0.4, -0.2) is 31.8 Å².